The first-order chi connectivity index (χ1) is 14.5. The first kappa shape index (κ1) is 19.9. The van der Waals surface area contributed by atoms with Crippen molar-refractivity contribution in [3.63, 3.8) is 0 Å². The van der Waals surface area contributed by atoms with Crippen LogP contribution in [0.1, 0.15) is 32.6 Å². The Kier molecular flexibility index (Phi) is 5.63. The number of amides is 2. The number of aromatic nitrogens is 4. The first-order valence-corrected chi connectivity index (χ1v) is 10.6. The number of thioether (sulfide) groups is 1. The van der Waals surface area contributed by atoms with Crippen molar-refractivity contribution < 1.29 is 14.1 Å². The highest BCUT2D eigenvalue weighted by atomic mass is 32.2. The van der Waals surface area contributed by atoms with Crippen LogP contribution in [0.2, 0.25) is 0 Å². The fourth-order valence-electron chi connectivity index (χ4n) is 2.63. The van der Waals surface area contributed by atoms with Gasteiger partial charge in [0.05, 0.1) is 17.0 Å². The van der Waals surface area contributed by atoms with Crippen LogP contribution < -0.4 is 11.1 Å². The molecule has 0 radical (unpaired) electrons. The number of hydrogen-bond acceptors (Lipinski definition) is 8. The second-order valence-corrected chi connectivity index (χ2v) is 8.05. The van der Waals surface area contributed by atoms with E-state index in [-0.39, 0.29) is 5.91 Å². The van der Waals surface area contributed by atoms with E-state index in [1.807, 2.05) is 12.1 Å². The van der Waals surface area contributed by atoms with E-state index in [1.165, 1.54) is 23.1 Å². The van der Waals surface area contributed by atoms with Crippen LogP contribution in [0.15, 0.2) is 51.3 Å². The lowest BCUT2D eigenvalue weighted by Crippen LogP contribution is -2.12. The quantitative estimate of drug-likeness (QED) is 0.374. The maximum absolute atomic E-state index is 12.8. The minimum absolute atomic E-state index is 0.271. The van der Waals surface area contributed by atoms with Gasteiger partial charge in [0, 0.05) is 22.0 Å². The number of H-pyrrole nitrogens is 1. The van der Waals surface area contributed by atoms with Gasteiger partial charge in [-0.3, -0.25) is 14.9 Å². The number of nitrogens with zero attached hydrogens (tertiary/aromatic N) is 3. The maximum atomic E-state index is 12.8. The molecule has 0 saturated heterocycles. The van der Waals surface area contributed by atoms with Crippen LogP contribution in [0.25, 0.3) is 11.3 Å². The van der Waals surface area contributed by atoms with Gasteiger partial charge >= 0.3 is 0 Å². The van der Waals surface area contributed by atoms with Gasteiger partial charge in [0.1, 0.15) is 5.69 Å². The molecule has 2 amide bonds. The molecule has 4 N–H and O–H groups in total. The fourth-order valence-corrected chi connectivity index (χ4v) is 4.23. The van der Waals surface area contributed by atoms with Gasteiger partial charge in [0.15, 0.2) is 11.0 Å². The molecule has 30 heavy (non-hydrogen) atoms. The summed E-state index contributed by atoms with van der Waals surface area (Å²) in [6.45, 7) is 1.75. The molecule has 0 fully saturated rings. The molecule has 3 aromatic heterocycles. The van der Waals surface area contributed by atoms with Gasteiger partial charge in [-0.25, -0.2) is 4.98 Å². The third kappa shape index (κ3) is 4.42. The van der Waals surface area contributed by atoms with Gasteiger partial charge < -0.3 is 15.2 Å². The average Bonchev–Trinajstić information content (AvgIpc) is 3.47. The molecule has 9 nitrogen and oxygen atoms in total. The van der Waals surface area contributed by atoms with E-state index in [1.54, 1.807) is 36.7 Å². The Labute approximate surface area is 179 Å². The molecule has 0 saturated carbocycles. The fraction of sp³-hybridized carbons (Fsp3) is 0.105. The topological polar surface area (TPSA) is 140 Å². The number of anilines is 1. The Bertz CT molecular complexity index is 1210. The molecule has 0 aliphatic rings. The zero-order valence-corrected chi connectivity index (χ0v) is 17.3. The van der Waals surface area contributed by atoms with Crippen LogP contribution in [-0.2, 0) is 5.75 Å². The highest BCUT2D eigenvalue weighted by molar-refractivity contribution is 7.98. The van der Waals surface area contributed by atoms with Crippen LogP contribution in [-0.4, -0.2) is 31.9 Å². The lowest BCUT2D eigenvalue weighted by molar-refractivity contribution is 0.0993. The monoisotopic (exact) mass is 440 g/mol. The number of aryl methyl sites for hydroxylation is 1. The van der Waals surface area contributed by atoms with Crippen molar-refractivity contribution in [2.75, 3.05) is 5.32 Å². The molecule has 0 spiro atoms. The number of carbonyl (C=O) groups is 2. The highest BCUT2D eigenvalue weighted by Crippen LogP contribution is 2.29. The summed E-state index contributed by atoms with van der Waals surface area (Å²) in [5.41, 5.74) is 7.42. The number of rotatable bonds is 7. The molecule has 0 aliphatic heterocycles. The molecule has 1 aromatic carbocycles. The van der Waals surface area contributed by atoms with Gasteiger partial charge in [-0.15, -0.1) is 23.1 Å². The SMILES string of the molecule is Cc1noc(CSc2ccccc2C(=O)Nc2nc(-c3c[nH]c(C(N)=O)c3)cs2)n1. The third-order valence-electron chi connectivity index (χ3n) is 4.02. The third-order valence-corrected chi connectivity index (χ3v) is 5.84. The average molecular weight is 441 g/mol. The van der Waals surface area contributed by atoms with Gasteiger partial charge in [0.2, 0.25) is 5.89 Å². The van der Waals surface area contributed by atoms with E-state index in [9.17, 15) is 9.59 Å². The number of nitrogens with two attached hydrogens (primary N) is 1. The summed E-state index contributed by atoms with van der Waals surface area (Å²) < 4.78 is 5.12. The standard InChI is InChI=1S/C19H16N6O3S2/c1-10-22-16(28-25-10)9-29-15-5-3-2-4-12(15)18(27)24-19-23-14(8-30-19)11-6-13(17(20)26)21-7-11/h2-8,21H,9H2,1H3,(H2,20,26)(H,23,24,27). The Balaban J connectivity index is 1.46. The molecular formula is C19H16N6O3S2. The lowest BCUT2D eigenvalue weighted by atomic mass is 10.2. The molecule has 0 atom stereocenters. The van der Waals surface area contributed by atoms with Crippen LogP contribution in [0, 0.1) is 6.92 Å². The van der Waals surface area contributed by atoms with E-state index in [2.05, 4.69) is 25.4 Å². The summed E-state index contributed by atoms with van der Waals surface area (Å²) in [6.07, 6.45) is 1.64. The van der Waals surface area contributed by atoms with Crippen molar-refractivity contribution in [3.05, 3.63) is 64.9 Å². The van der Waals surface area contributed by atoms with Crippen molar-refractivity contribution >= 4 is 40.0 Å². The molecule has 11 heteroatoms. The van der Waals surface area contributed by atoms with Crippen molar-refractivity contribution in [1.29, 1.82) is 0 Å². The maximum Gasteiger partial charge on any atom is 0.265 e. The van der Waals surface area contributed by atoms with Crippen LogP contribution in [0.4, 0.5) is 5.13 Å². The molecule has 0 aliphatic carbocycles. The highest BCUT2D eigenvalue weighted by Gasteiger charge is 2.16. The van der Waals surface area contributed by atoms with Crippen molar-refractivity contribution in [3.8, 4) is 11.3 Å². The second-order valence-electron chi connectivity index (χ2n) is 6.18. The van der Waals surface area contributed by atoms with Crippen molar-refractivity contribution in [2.45, 2.75) is 17.6 Å². The summed E-state index contributed by atoms with van der Waals surface area (Å²) in [5, 5.41) is 8.83. The van der Waals surface area contributed by atoms with Gasteiger partial charge in [-0.2, -0.15) is 4.98 Å². The molecule has 152 valence electrons. The predicted molar refractivity (Wildman–Crippen MR) is 113 cm³/mol. The first-order valence-electron chi connectivity index (χ1n) is 8.76. The number of carbonyl (C=O) groups excluding carboxylic acids is 2. The van der Waals surface area contributed by atoms with E-state index < -0.39 is 5.91 Å². The van der Waals surface area contributed by atoms with E-state index in [0.717, 1.165) is 4.90 Å². The molecule has 4 rings (SSSR count). The molecular weight excluding hydrogens is 424 g/mol. The molecule has 4 aromatic rings. The van der Waals surface area contributed by atoms with Crippen LogP contribution in [0.3, 0.4) is 0 Å². The second kappa shape index (κ2) is 8.51. The van der Waals surface area contributed by atoms with E-state index in [4.69, 9.17) is 10.3 Å². The summed E-state index contributed by atoms with van der Waals surface area (Å²) in [4.78, 5) is 36.2. The van der Waals surface area contributed by atoms with Crippen molar-refractivity contribution in [2.24, 2.45) is 5.73 Å². The normalized spacial score (nSPS) is 10.8. The lowest BCUT2D eigenvalue weighted by Gasteiger charge is -2.07. The number of benzene rings is 1. The number of nitrogens with one attached hydrogen (secondary N) is 2. The predicted octanol–water partition coefficient (Wildman–Crippen LogP) is 3.47. The summed E-state index contributed by atoms with van der Waals surface area (Å²) >= 11 is 2.73. The zero-order chi connectivity index (χ0) is 21.1. The Morgan fingerprint density at radius 1 is 1.30 bits per heavy atom. The summed E-state index contributed by atoms with van der Waals surface area (Å²) in [6, 6.07) is 8.89. The number of thiazole rings is 1. The van der Waals surface area contributed by atoms with Gasteiger partial charge in [0.25, 0.3) is 11.8 Å². The smallest absolute Gasteiger partial charge is 0.265 e. The molecule has 3 heterocycles. The van der Waals surface area contributed by atoms with Crippen molar-refractivity contribution in [1.82, 2.24) is 20.1 Å². The minimum atomic E-state index is -0.546. The van der Waals surface area contributed by atoms with Crippen LogP contribution >= 0.6 is 23.1 Å². The number of aromatic amines is 1. The largest absolute Gasteiger partial charge is 0.364 e. The number of primary amides is 1. The van der Waals surface area contributed by atoms with E-state index >= 15 is 0 Å². The summed E-state index contributed by atoms with van der Waals surface area (Å²) in [5.74, 6) is 0.713. The Morgan fingerprint density at radius 2 is 2.13 bits per heavy atom. The zero-order valence-electron chi connectivity index (χ0n) is 15.7. The van der Waals surface area contributed by atoms with Gasteiger partial charge in [-0.05, 0) is 25.1 Å². The minimum Gasteiger partial charge on any atom is -0.364 e. The molecule has 0 unspecified atom stereocenters. The number of hydrogen-bond donors (Lipinski definition) is 3. The molecule has 0 bridgehead atoms. The summed E-state index contributed by atoms with van der Waals surface area (Å²) in [7, 11) is 0. The Hall–Kier alpha value is -3.44. The van der Waals surface area contributed by atoms with Gasteiger partial charge in [-0.1, -0.05) is 17.3 Å². The Morgan fingerprint density at radius 3 is 2.87 bits per heavy atom. The van der Waals surface area contributed by atoms with Crippen LogP contribution in [0.5, 0.6) is 0 Å². The van der Waals surface area contributed by atoms with E-state index in [0.29, 0.717) is 45.1 Å².